The van der Waals surface area contributed by atoms with E-state index in [0.717, 1.165) is 11.1 Å². The fourth-order valence-corrected chi connectivity index (χ4v) is 4.26. The molecule has 1 aliphatic rings. The normalized spacial score (nSPS) is 18.1. The quantitative estimate of drug-likeness (QED) is 0.227. The van der Waals surface area contributed by atoms with Crippen LogP contribution < -0.4 is 10.6 Å². The number of carbonyl (C=O) groups is 3. The molecule has 1 heterocycles. The molecule has 2 aromatic rings. The van der Waals surface area contributed by atoms with Crippen molar-refractivity contribution in [3.05, 3.63) is 88.7 Å². The number of aliphatic hydroxyl groups excluding tert-OH is 1. The van der Waals surface area contributed by atoms with Gasteiger partial charge in [-0.15, -0.1) is 0 Å². The fourth-order valence-electron chi connectivity index (χ4n) is 4.26. The predicted molar refractivity (Wildman–Crippen MR) is 144 cm³/mol. The molecule has 0 spiro atoms. The van der Waals surface area contributed by atoms with Crippen LogP contribution in [-0.4, -0.2) is 51.6 Å². The monoisotopic (exact) mass is 550 g/mol. The standard InChI is InChI=1S/C28H31N5O7/c1-18(2)25(32-27(38)39-17-20-11-7-4-8-12-20)22-15-28(40-33-22,14-19-9-5-3-6-10-19)26(37)31-21(13-24(35)36)23(34)16-30-29/h3-12,16,18,21,25H,13-15,17H2,1-2H3,(H3-,31,32,34,35,36,37,38)/p+1/b23-16-/t21-,25-,28?/m0/s1. The summed E-state index contributed by atoms with van der Waals surface area (Å²) < 4.78 is 5.36. The van der Waals surface area contributed by atoms with Gasteiger partial charge in [0.2, 0.25) is 16.8 Å². The summed E-state index contributed by atoms with van der Waals surface area (Å²) in [7, 11) is 0. The number of aliphatic hydroxyl groups is 1. The van der Waals surface area contributed by atoms with Crippen molar-refractivity contribution < 1.29 is 34.2 Å². The van der Waals surface area contributed by atoms with E-state index in [1.807, 2.05) is 50.2 Å². The number of carboxylic acids is 1. The van der Waals surface area contributed by atoms with Crippen LogP contribution in [0.15, 0.2) is 77.8 Å². The Bertz CT molecular complexity index is 1290. The zero-order valence-electron chi connectivity index (χ0n) is 22.2. The number of rotatable bonds is 12. The molecule has 12 nitrogen and oxygen atoms in total. The molecule has 1 unspecified atom stereocenters. The number of diazo groups is 1. The molecular formula is C28H32N5O7+. The minimum atomic E-state index is -1.62. The van der Waals surface area contributed by atoms with Gasteiger partial charge >= 0.3 is 18.3 Å². The van der Waals surface area contributed by atoms with Crippen molar-refractivity contribution in [2.24, 2.45) is 11.1 Å². The van der Waals surface area contributed by atoms with E-state index in [9.17, 15) is 24.6 Å². The minimum absolute atomic E-state index is 0.0375. The van der Waals surface area contributed by atoms with Gasteiger partial charge in [0.05, 0.1) is 18.2 Å². The molecule has 0 aliphatic carbocycles. The Kier molecular flexibility index (Phi) is 10.2. The average Bonchev–Trinajstić information content (AvgIpc) is 3.35. The highest BCUT2D eigenvalue weighted by Crippen LogP contribution is 2.31. The first-order chi connectivity index (χ1) is 19.1. The van der Waals surface area contributed by atoms with E-state index in [1.54, 1.807) is 24.3 Å². The number of nitrogens with one attached hydrogen (secondary N) is 2. The van der Waals surface area contributed by atoms with Crippen molar-refractivity contribution in [2.75, 3.05) is 0 Å². The summed E-state index contributed by atoms with van der Waals surface area (Å²) in [5, 5.41) is 37.7. The van der Waals surface area contributed by atoms with Gasteiger partial charge in [-0.25, -0.2) is 4.79 Å². The maximum atomic E-state index is 13.6. The van der Waals surface area contributed by atoms with E-state index in [2.05, 4.69) is 20.8 Å². The van der Waals surface area contributed by atoms with Gasteiger partial charge in [0.1, 0.15) is 12.6 Å². The van der Waals surface area contributed by atoms with Crippen LogP contribution >= 0.6 is 0 Å². The van der Waals surface area contributed by atoms with Crippen molar-refractivity contribution in [1.29, 1.82) is 5.39 Å². The lowest BCUT2D eigenvalue weighted by molar-refractivity contribution is -0.145. The Morgan fingerprint density at radius 3 is 2.27 bits per heavy atom. The van der Waals surface area contributed by atoms with Crippen LogP contribution in [0.3, 0.4) is 0 Å². The number of aliphatic carboxylic acids is 1. The van der Waals surface area contributed by atoms with Gasteiger partial charge in [-0.1, -0.05) is 79.7 Å². The van der Waals surface area contributed by atoms with Crippen molar-refractivity contribution >= 4 is 23.7 Å². The molecule has 2 amide bonds. The number of carboxylic acid groups (broad SMARTS) is 1. The predicted octanol–water partition coefficient (Wildman–Crippen LogP) is 3.91. The van der Waals surface area contributed by atoms with Crippen LogP contribution in [0.4, 0.5) is 4.79 Å². The van der Waals surface area contributed by atoms with E-state index in [0.29, 0.717) is 11.9 Å². The zero-order chi connectivity index (χ0) is 29.1. The molecule has 0 radical (unpaired) electrons. The van der Waals surface area contributed by atoms with Gasteiger partial charge < -0.3 is 30.4 Å². The van der Waals surface area contributed by atoms with Crippen LogP contribution in [-0.2, 0) is 32.2 Å². The molecule has 0 saturated carbocycles. The molecule has 0 aromatic heterocycles. The fraction of sp³-hybridized carbons (Fsp3) is 0.357. The molecule has 210 valence electrons. The lowest BCUT2D eigenvalue weighted by atomic mass is 9.85. The zero-order valence-corrected chi connectivity index (χ0v) is 22.2. The molecule has 1 aliphatic heterocycles. The summed E-state index contributed by atoms with van der Waals surface area (Å²) in [5.41, 5.74) is 0.330. The summed E-state index contributed by atoms with van der Waals surface area (Å²) >= 11 is 0. The van der Waals surface area contributed by atoms with Gasteiger partial charge in [0.25, 0.3) is 5.91 Å². The summed E-state index contributed by atoms with van der Waals surface area (Å²) in [6.07, 6.45) is -0.689. The van der Waals surface area contributed by atoms with E-state index < -0.39 is 47.8 Å². The molecule has 0 saturated heterocycles. The smallest absolute Gasteiger partial charge is 0.408 e. The van der Waals surface area contributed by atoms with Gasteiger partial charge in [-0.3, -0.25) is 9.59 Å². The number of benzene rings is 2. The number of hydrogen-bond acceptors (Lipinski definition) is 8. The van der Waals surface area contributed by atoms with Gasteiger partial charge in [-0.05, 0) is 17.0 Å². The lowest BCUT2D eigenvalue weighted by Gasteiger charge is -2.28. The Balaban J connectivity index is 1.81. The van der Waals surface area contributed by atoms with Crippen LogP contribution in [0.25, 0.3) is 4.98 Å². The highest BCUT2D eigenvalue weighted by molar-refractivity contribution is 6.00. The maximum Gasteiger partial charge on any atom is 0.408 e. The highest BCUT2D eigenvalue weighted by atomic mass is 16.7. The first kappa shape index (κ1) is 29.6. The third-order valence-electron chi connectivity index (χ3n) is 6.29. The van der Waals surface area contributed by atoms with Gasteiger partial charge in [-0.2, -0.15) is 0 Å². The van der Waals surface area contributed by atoms with E-state index >= 15 is 0 Å². The largest absolute Gasteiger partial charge is 0.504 e. The Morgan fingerprint density at radius 2 is 1.70 bits per heavy atom. The molecular weight excluding hydrogens is 518 g/mol. The Labute approximate surface area is 231 Å². The SMILES string of the molecule is CC(C)[C@H](NC(=O)OCc1ccccc1)C1=NOC(Cc2ccccc2)(C(=O)N[C@@H](CC(=O)O)/C(O)=C/[N+]#N)C1. The van der Waals surface area contributed by atoms with E-state index in [-0.39, 0.29) is 25.4 Å². The summed E-state index contributed by atoms with van der Waals surface area (Å²) in [4.78, 5) is 46.1. The second-order valence-electron chi connectivity index (χ2n) is 9.73. The molecule has 3 rings (SSSR count). The molecule has 12 heteroatoms. The van der Waals surface area contributed by atoms with Crippen molar-refractivity contribution in [2.45, 2.75) is 57.4 Å². The number of carbonyl (C=O) groups excluding carboxylic acids is 2. The minimum Gasteiger partial charge on any atom is -0.504 e. The lowest BCUT2D eigenvalue weighted by Crippen LogP contribution is -2.54. The first-order valence-electron chi connectivity index (χ1n) is 12.7. The van der Waals surface area contributed by atoms with Crippen LogP contribution in [0.1, 0.15) is 37.8 Å². The Morgan fingerprint density at radius 1 is 1.07 bits per heavy atom. The molecule has 40 heavy (non-hydrogen) atoms. The third kappa shape index (κ3) is 8.04. The van der Waals surface area contributed by atoms with Crippen LogP contribution in [0.5, 0.6) is 0 Å². The maximum absolute atomic E-state index is 13.6. The van der Waals surface area contributed by atoms with Crippen molar-refractivity contribution in [3.8, 4) is 0 Å². The number of amides is 2. The number of oxime groups is 1. The average molecular weight is 551 g/mol. The summed E-state index contributed by atoms with van der Waals surface area (Å²) in [6.45, 7) is 3.81. The second-order valence-corrected chi connectivity index (χ2v) is 9.73. The van der Waals surface area contributed by atoms with E-state index in [4.69, 9.17) is 15.0 Å². The molecule has 2 aromatic carbocycles. The number of ether oxygens (including phenoxy) is 1. The topological polar surface area (TPSA) is 175 Å². The summed E-state index contributed by atoms with van der Waals surface area (Å²) in [5.74, 6) is -2.86. The van der Waals surface area contributed by atoms with Crippen LogP contribution in [0.2, 0.25) is 0 Å². The third-order valence-corrected chi connectivity index (χ3v) is 6.29. The highest BCUT2D eigenvalue weighted by Gasteiger charge is 2.49. The Hall–Kier alpha value is -4.92. The first-order valence-corrected chi connectivity index (χ1v) is 12.7. The number of alkyl carbamates (subject to hydrolysis) is 1. The molecule has 3 atom stereocenters. The number of hydrogen-bond donors (Lipinski definition) is 4. The second kappa shape index (κ2) is 13.7. The molecule has 0 fully saturated rings. The molecule has 4 N–H and O–H groups in total. The van der Waals surface area contributed by atoms with Gasteiger partial charge in [0, 0.05) is 12.8 Å². The van der Waals surface area contributed by atoms with Crippen molar-refractivity contribution in [3.63, 3.8) is 0 Å². The van der Waals surface area contributed by atoms with E-state index in [1.165, 1.54) is 0 Å². The van der Waals surface area contributed by atoms with Gasteiger partial charge in [0.15, 0.2) is 4.98 Å². The summed E-state index contributed by atoms with van der Waals surface area (Å²) in [6, 6.07) is 16.2. The van der Waals surface area contributed by atoms with Crippen molar-refractivity contribution in [1.82, 2.24) is 10.6 Å². The number of nitrogens with zero attached hydrogens (tertiary/aromatic N) is 3. The molecule has 0 bridgehead atoms. The van der Waals surface area contributed by atoms with Crippen LogP contribution in [0, 0.1) is 11.3 Å².